The van der Waals surface area contributed by atoms with E-state index in [1.54, 1.807) is 0 Å². The molecule has 0 bridgehead atoms. The molecule has 1 aliphatic rings. The third-order valence-corrected chi connectivity index (χ3v) is 5.85. The summed E-state index contributed by atoms with van der Waals surface area (Å²) in [5.74, 6) is 1.37. The van der Waals surface area contributed by atoms with Gasteiger partial charge in [0.2, 0.25) is 0 Å². The monoisotopic (exact) mass is 299 g/mol. The van der Waals surface area contributed by atoms with Crippen molar-refractivity contribution in [3.05, 3.63) is 33.8 Å². The fourth-order valence-electron chi connectivity index (χ4n) is 3.15. The lowest BCUT2D eigenvalue weighted by molar-refractivity contribution is 0.239. The fourth-order valence-corrected chi connectivity index (χ4v) is 3.45. The van der Waals surface area contributed by atoms with Gasteiger partial charge in [0.25, 0.3) is 0 Å². The molecule has 1 nitrogen and oxygen atoms in total. The molecule has 2 rings (SSSR count). The normalized spacial score (nSPS) is 30.2. The second-order valence-corrected chi connectivity index (χ2v) is 7.07. The Hall–Kier alpha value is -0.240. The van der Waals surface area contributed by atoms with Crippen molar-refractivity contribution in [2.45, 2.75) is 39.2 Å². The largest absolute Gasteiger partial charge is 0.303 e. The third-order valence-electron chi connectivity index (χ3n) is 5.12. The minimum Gasteiger partial charge on any atom is -0.303 e. The Kier molecular flexibility index (Phi) is 4.21. The zero-order chi connectivity index (χ0) is 14.4. The standard InChI is InChI=1S/C16H23Cl2N/c1-10(2)19(5)9-16(11(3)12(16)4)13-6-7-14(17)15(18)8-13/h6-8,10-12H,9H2,1-5H3/t11-,12?,16?/m1/s1. The van der Waals surface area contributed by atoms with E-state index in [4.69, 9.17) is 23.2 Å². The van der Waals surface area contributed by atoms with Crippen molar-refractivity contribution in [3.63, 3.8) is 0 Å². The van der Waals surface area contributed by atoms with E-state index in [1.807, 2.05) is 6.07 Å². The van der Waals surface area contributed by atoms with Gasteiger partial charge in [0, 0.05) is 18.0 Å². The van der Waals surface area contributed by atoms with Crippen LogP contribution in [-0.2, 0) is 5.41 Å². The smallest absolute Gasteiger partial charge is 0.0595 e. The minimum atomic E-state index is 0.229. The summed E-state index contributed by atoms with van der Waals surface area (Å²) in [6.07, 6.45) is 0. The van der Waals surface area contributed by atoms with Crippen LogP contribution in [-0.4, -0.2) is 24.5 Å². The van der Waals surface area contributed by atoms with Gasteiger partial charge >= 0.3 is 0 Å². The average Bonchev–Trinajstić information content (AvgIpc) is 2.86. The topological polar surface area (TPSA) is 3.24 Å². The highest BCUT2D eigenvalue weighted by Crippen LogP contribution is 2.60. The minimum absolute atomic E-state index is 0.229. The molecular weight excluding hydrogens is 277 g/mol. The quantitative estimate of drug-likeness (QED) is 0.767. The maximum atomic E-state index is 6.20. The Morgan fingerprint density at radius 2 is 1.74 bits per heavy atom. The summed E-state index contributed by atoms with van der Waals surface area (Å²) in [5, 5.41) is 1.30. The highest BCUT2D eigenvalue weighted by Gasteiger charge is 2.60. The number of hydrogen-bond donors (Lipinski definition) is 0. The van der Waals surface area contributed by atoms with Crippen molar-refractivity contribution in [1.82, 2.24) is 4.90 Å². The van der Waals surface area contributed by atoms with Crippen LogP contribution in [0.3, 0.4) is 0 Å². The lowest BCUT2D eigenvalue weighted by Gasteiger charge is -2.29. The van der Waals surface area contributed by atoms with Crippen LogP contribution >= 0.6 is 23.2 Å². The molecule has 1 saturated carbocycles. The van der Waals surface area contributed by atoms with Gasteiger partial charge in [0.15, 0.2) is 0 Å². The summed E-state index contributed by atoms with van der Waals surface area (Å²) >= 11 is 12.2. The molecule has 1 aromatic carbocycles. The number of nitrogens with zero attached hydrogens (tertiary/aromatic N) is 1. The van der Waals surface area contributed by atoms with Crippen LogP contribution in [0.4, 0.5) is 0 Å². The van der Waals surface area contributed by atoms with Crippen LogP contribution in [0, 0.1) is 11.8 Å². The Balaban J connectivity index is 2.33. The van der Waals surface area contributed by atoms with E-state index in [0.29, 0.717) is 27.9 Å². The molecule has 1 aromatic rings. The molecule has 0 aliphatic heterocycles. The molecule has 0 radical (unpaired) electrons. The van der Waals surface area contributed by atoms with E-state index in [0.717, 1.165) is 6.54 Å². The van der Waals surface area contributed by atoms with E-state index in [9.17, 15) is 0 Å². The first-order valence-corrected chi connectivity index (χ1v) is 7.72. The van der Waals surface area contributed by atoms with Gasteiger partial charge < -0.3 is 4.90 Å². The van der Waals surface area contributed by atoms with E-state index in [1.165, 1.54) is 5.56 Å². The average molecular weight is 300 g/mol. The van der Waals surface area contributed by atoms with Gasteiger partial charge in [-0.3, -0.25) is 0 Å². The van der Waals surface area contributed by atoms with Crippen molar-refractivity contribution in [1.29, 1.82) is 0 Å². The first-order chi connectivity index (χ1) is 8.80. The van der Waals surface area contributed by atoms with Gasteiger partial charge in [0.05, 0.1) is 10.0 Å². The van der Waals surface area contributed by atoms with Crippen molar-refractivity contribution in [2.24, 2.45) is 11.8 Å². The Morgan fingerprint density at radius 3 is 2.16 bits per heavy atom. The number of halogens is 2. The Morgan fingerprint density at radius 1 is 1.16 bits per heavy atom. The van der Waals surface area contributed by atoms with Crippen molar-refractivity contribution in [3.8, 4) is 0 Å². The molecule has 3 heteroatoms. The van der Waals surface area contributed by atoms with E-state index >= 15 is 0 Å². The van der Waals surface area contributed by atoms with Gasteiger partial charge in [0.1, 0.15) is 0 Å². The highest BCUT2D eigenvalue weighted by atomic mass is 35.5. The molecule has 19 heavy (non-hydrogen) atoms. The summed E-state index contributed by atoms with van der Waals surface area (Å²) in [7, 11) is 2.20. The maximum Gasteiger partial charge on any atom is 0.0595 e. The summed E-state index contributed by atoms with van der Waals surface area (Å²) in [4.78, 5) is 2.42. The lowest BCUT2D eigenvalue weighted by atomic mass is 9.91. The van der Waals surface area contributed by atoms with E-state index < -0.39 is 0 Å². The Labute approximate surface area is 126 Å². The lowest BCUT2D eigenvalue weighted by Crippen LogP contribution is -2.36. The first kappa shape index (κ1) is 15.2. The van der Waals surface area contributed by atoms with Gasteiger partial charge in [-0.05, 0) is 50.4 Å². The molecule has 2 unspecified atom stereocenters. The Bertz CT molecular complexity index is 462. The number of benzene rings is 1. The van der Waals surface area contributed by atoms with Gasteiger partial charge in [-0.1, -0.05) is 43.1 Å². The predicted molar refractivity (Wildman–Crippen MR) is 84.2 cm³/mol. The van der Waals surface area contributed by atoms with E-state index in [-0.39, 0.29) is 5.41 Å². The predicted octanol–water partition coefficient (Wildman–Crippen LogP) is 4.86. The molecular formula is C16H23Cl2N. The summed E-state index contributed by atoms with van der Waals surface area (Å²) in [5.41, 5.74) is 1.56. The summed E-state index contributed by atoms with van der Waals surface area (Å²) in [6.45, 7) is 10.2. The van der Waals surface area contributed by atoms with Crippen LogP contribution in [0.15, 0.2) is 18.2 Å². The number of hydrogen-bond acceptors (Lipinski definition) is 1. The molecule has 0 aromatic heterocycles. The molecule has 3 atom stereocenters. The molecule has 0 spiro atoms. The second-order valence-electron chi connectivity index (χ2n) is 6.26. The van der Waals surface area contributed by atoms with Crippen molar-refractivity contribution in [2.75, 3.05) is 13.6 Å². The van der Waals surface area contributed by atoms with Gasteiger partial charge in [-0.15, -0.1) is 0 Å². The second kappa shape index (κ2) is 5.27. The van der Waals surface area contributed by atoms with Crippen LogP contribution in [0.1, 0.15) is 33.3 Å². The fraction of sp³-hybridized carbons (Fsp3) is 0.625. The molecule has 0 amide bonds. The number of likely N-dealkylation sites (N-methyl/N-ethyl adjacent to an activating group) is 1. The zero-order valence-corrected chi connectivity index (χ0v) is 13.9. The zero-order valence-electron chi connectivity index (χ0n) is 12.4. The van der Waals surface area contributed by atoms with Gasteiger partial charge in [-0.2, -0.15) is 0 Å². The summed E-state index contributed by atoms with van der Waals surface area (Å²) < 4.78 is 0. The summed E-state index contributed by atoms with van der Waals surface area (Å²) in [6, 6.07) is 6.67. The van der Waals surface area contributed by atoms with Crippen LogP contribution in [0.5, 0.6) is 0 Å². The van der Waals surface area contributed by atoms with Crippen LogP contribution < -0.4 is 0 Å². The van der Waals surface area contributed by atoms with Crippen molar-refractivity contribution >= 4 is 23.2 Å². The van der Waals surface area contributed by atoms with E-state index in [2.05, 4.69) is 51.8 Å². The number of rotatable bonds is 4. The SMILES string of the molecule is CC(C)N(C)CC1(c2ccc(Cl)c(Cl)c2)C(C)[C@H]1C. The third kappa shape index (κ3) is 2.53. The molecule has 1 aliphatic carbocycles. The molecule has 0 heterocycles. The molecule has 0 N–H and O–H groups in total. The molecule has 0 saturated heterocycles. The van der Waals surface area contributed by atoms with Crippen molar-refractivity contribution < 1.29 is 0 Å². The maximum absolute atomic E-state index is 6.20. The van der Waals surface area contributed by atoms with Crippen LogP contribution in [0.2, 0.25) is 10.0 Å². The van der Waals surface area contributed by atoms with Crippen LogP contribution in [0.25, 0.3) is 0 Å². The molecule has 1 fully saturated rings. The molecule has 106 valence electrons. The highest BCUT2D eigenvalue weighted by molar-refractivity contribution is 6.42. The first-order valence-electron chi connectivity index (χ1n) is 6.96. The van der Waals surface area contributed by atoms with Gasteiger partial charge in [-0.25, -0.2) is 0 Å².